The van der Waals surface area contributed by atoms with E-state index in [-0.39, 0.29) is 16.7 Å². The number of nitrogens with zero attached hydrogens (tertiary/aromatic N) is 2. The minimum atomic E-state index is -4.77. The molecule has 0 saturated carbocycles. The second-order valence-corrected chi connectivity index (χ2v) is 4.63. The summed E-state index contributed by atoms with van der Waals surface area (Å²) < 4.78 is 38.5. The first kappa shape index (κ1) is 16.0. The van der Waals surface area contributed by atoms with Crippen LogP contribution in [0.4, 0.5) is 19.0 Å². The van der Waals surface area contributed by atoms with Crippen LogP contribution in [0.3, 0.4) is 0 Å². The second-order valence-electron chi connectivity index (χ2n) is 4.63. The van der Waals surface area contributed by atoms with Crippen molar-refractivity contribution >= 4 is 22.7 Å². The molecule has 3 N–H and O–H groups in total. The van der Waals surface area contributed by atoms with Crippen molar-refractivity contribution in [3.8, 4) is 0 Å². The largest absolute Gasteiger partial charge is 0.480 e. The van der Waals surface area contributed by atoms with Crippen LogP contribution in [0.2, 0.25) is 0 Å². The van der Waals surface area contributed by atoms with Gasteiger partial charge in [-0.25, -0.2) is 14.8 Å². The lowest BCUT2D eigenvalue weighted by Gasteiger charge is -2.16. The van der Waals surface area contributed by atoms with Crippen LogP contribution in [-0.4, -0.2) is 38.8 Å². The maximum atomic E-state index is 12.8. The number of rotatable bonds is 4. The molecule has 0 fully saturated rings. The summed E-state index contributed by atoms with van der Waals surface area (Å²) in [5.41, 5.74) is 0.771. The number of benzene rings is 1. The number of carboxylic acids is 1. The van der Waals surface area contributed by atoms with Gasteiger partial charge in [-0.2, -0.15) is 13.2 Å². The Morgan fingerprint density at radius 3 is 2.59 bits per heavy atom. The van der Waals surface area contributed by atoms with Crippen molar-refractivity contribution in [2.24, 2.45) is 0 Å². The zero-order valence-electron chi connectivity index (χ0n) is 11.3. The number of carboxylic acid groups (broad SMARTS) is 1. The van der Waals surface area contributed by atoms with Crippen molar-refractivity contribution in [3.63, 3.8) is 0 Å². The van der Waals surface area contributed by atoms with Crippen LogP contribution < -0.4 is 5.32 Å². The van der Waals surface area contributed by atoms with Gasteiger partial charge in [0, 0.05) is 5.39 Å². The molecule has 2 rings (SSSR count). The van der Waals surface area contributed by atoms with Gasteiger partial charge in [0.15, 0.2) is 0 Å². The Labute approximate surface area is 122 Å². The first-order chi connectivity index (χ1) is 10.2. The van der Waals surface area contributed by atoms with Crippen molar-refractivity contribution < 1.29 is 28.2 Å². The van der Waals surface area contributed by atoms with Gasteiger partial charge in [-0.3, -0.25) is 0 Å². The SMILES string of the molecule is Cc1ccc2nc(C(F)(F)F)nc(NC(CO)C(=O)O)c2c1. The lowest BCUT2D eigenvalue weighted by molar-refractivity contribution is -0.144. The molecule has 22 heavy (non-hydrogen) atoms. The summed E-state index contributed by atoms with van der Waals surface area (Å²) in [6.45, 7) is 0.926. The monoisotopic (exact) mass is 315 g/mol. The quantitative estimate of drug-likeness (QED) is 0.796. The van der Waals surface area contributed by atoms with Crippen molar-refractivity contribution in [2.75, 3.05) is 11.9 Å². The minimum absolute atomic E-state index is 0.0255. The minimum Gasteiger partial charge on any atom is -0.480 e. The number of fused-ring (bicyclic) bond motifs is 1. The molecule has 0 aliphatic heterocycles. The summed E-state index contributed by atoms with van der Waals surface area (Å²) in [5, 5.41) is 20.5. The van der Waals surface area contributed by atoms with Crippen LogP contribution >= 0.6 is 0 Å². The number of aliphatic hydroxyl groups excluding tert-OH is 1. The number of aliphatic hydroxyl groups is 1. The zero-order valence-corrected chi connectivity index (χ0v) is 11.3. The summed E-state index contributed by atoms with van der Waals surface area (Å²) >= 11 is 0. The number of anilines is 1. The molecule has 0 aliphatic carbocycles. The molecule has 9 heteroatoms. The van der Waals surface area contributed by atoms with E-state index in [0.717, 1.165) is 5.56 Å². The van der Waals surface area contributed by atoms with E-state index in [4.69, 9.17) is 10.2 Å². The lowest BCUT2D eigenvalue weighted by Crippen LogP contribution is -2.33. The van der Waals surface area contributed by atoms with Crippen LogP contribution in [0.25, 0.3) is 10.9 Å². The van der Waals surface area contributed by atoms with E-state index in [2.05, 4.69) is 15.3 Å². The Balaban J connectivity index is 2.62. The first-order valence-corrected chi connectivity index (χ1v) is 6.18. The fourth-order valence-electron chi connectivity index (χ4n) is 1.83. The van der Waals surface area contributed by atoms with Crippen LogP contribution in [0, 0.1) is 6.92 Å². The maximum Gasteiger partial charge on any atom is 0.451 e. The molecule has 0 spiro atoms. The summed E-state index contributed by atoms with van der Waals surface area (Å²) in [4.78, 5) is 17.7. The number of nitrogens with one attached hydrogen (secondary N) is 1. The molecule has 0 saturated heterocycles. The van der Waals surface area contributed by atoms with Gasteiger partial charge < -0.3 is 15.5 Å². The number of aromatic nitrogens is 2. The predicted molar refractivity (Wildman–Crippen MR) is 71.4 cm³/mol. The molecule has 2 aromatic rings. The van der Waals surface area contributed by atoms with Gasteiger partial charge in [-0.05, 0) is 19.1 Å². The van der Waals surface area contributed by atoms with Gasteiger partial charge in [0.2, 0.25) is 5.82 Å². The predicted octanol–water partition coefficient (Wildman–Crippen LogP) is 1.81. The van der Waals surface area contributed by atoms with Crippen LogP contribution in [0.1, 0.15) is 11.4 Å². The van der Waals surface area contributed by atoms with Crippen molar-refractivity contribution in [1.29, 1.82) is 0 Å². The highest BCUT2D eigenvalue weighted by Crippen LogP contribution is 2.30. The van der Waals surface area contributed by atoms with E-state index in [1.807, 2.05) is 0 Å². The smallest absolute Gasteiger partial charge is 0.451 e. The molecule has 0 radical (unpaired) electrons. The van der Waals surface area contributed by atoms with E-state index >= 15 is 0 Å². The van der Waals surface area contributed by atoms with Gasteiger partial charge >= 0.3 is 12.1 Å². The molecule has 118 valence electrons. The number of halogens is 3. The standard InChI is InChI=1S/C13H12F3N3O3/c1-6-2-3-8-7(4-6)10(17-9(5-20)11(21)22)19-12(18-8)13(14,15)16/h2-4,9,20H,5H2,1H3,(H,21,22)(H,17,18,19). The van der Waals surface area contributed by atoms with Crippen molar-refractivity contribution in [1.82, 2.24) is 9.97 Å². The Morgan fingerprint density at radius 1 is 1.36 bits per heavy atom. The van der Waals surface area contributed by atoms with Crippen LogP contribution in [-0.2, 0) is 11.0 Å². The van der Waals surface area contributed by atoms with Gasteiger partial charge in [0.05, 0.1) is 12.1 Å². The van der Waals surface area contributed by atoms with Gasteiger partial charge in [0.1, 0.15) is 11.9 Å². The summed E-state index contributed by atoms with van der Waals surface area (Å²) in [7, 11) is 0. The van der Waals surface area contributed by atoms with Crippen molar-refractivity contribution in [3.05, 3.63) is 29.6 Å². The number of aliphatic carboxylic acids is 1. The molecule has 0 bridgehead atoms. The first-order valence-electron chi connectivity index (χ1n) is 6.18. The molecular weight excluding hydrogens is 303 g/mol. The van der Waals surface area contributed by atoms with E-state index < -0.39 is 30.6 Å². The normalized spacial score (nSPS) is 13.1. The van der Waals surface area contributed by atoms with Gasteiger partial charge in [-0.1, -0.05) is 11.6 Å². The highest BCUT2D eigenvalue weighted by Gasteiger charge is 2.36. The third kappa shape index (κ3) is 3.25. The number of hydrogen-bond donors (Lipinski definition) is 3. The molecule has 0 amide bonds. The average Bonchev–Trinajstić information content (AvgIpc) is 2.43. The highest BCUT2D eigenvalue weighted by atomic mass is 19.4. The number of alkyl halides is 3. The number of carbonyl (C=O) groups is 1. The fourth-order valence-corrected chi connectivity index (χ4v) is 1.83. The Bertz CT molecular complexity index is 719. The molecule has 1 atom stereocenters. The van der Waals surface area contributed by atoms with Gasteiger partial charge in [-0.15, -0.1) is 0 Å². The fraction of sp³-hybridized carbons (Fsp3) is 0.308. The Kier molecular flexibility index (Phi) is 4.18. The lowest BCUT2D eigenvalue weighted by atomic mass is 10.1. The van der Waals surface area contributed by atoms with E-state index in [1.165, 1.54) is 12.1 Å². The van der Waals surface area contributed by atoms with Gasteiger partial charge in [0.25, 0.3) is 0 Å². The van der Waals surface area contributed by atoms with E-state index in [0.29, 0.717) is 0 Å². The topological polar surface area (TPSA) is 95.3 Å². The van der Waals surface area contributed by atoms with Crippen LogP contribution in [0.15, 0.2) is 18.2 Å². The molecule has 6 nitrogen and oxygen atoms in total. The summed E-state index contributed by atoms with van der Waals surface area (Å²) in [6, 6.07) is 3.04. The molecule has 0 aliphatic rings. The van der Waals surface area contributed by atoms with Crippen LogP contribution in [0.5, 0.6) is 0 Å². The summed E-state index contributed by atoms with van der Waals surface area (Å²) in [5.74, 6) is -3.08. The molecular formula is C13H12F3N3O3. The number of aryl methyl sites for hydroxylation is 1. The molecule has 1 aromatic carbocycles. The highest BCUT2D eigenvalue weighted by molar-refractivity contribution is 5.91. The van der Waals surface area contributed by atoms with E-state index in [9.17, 15) is 18.0 Å². The number of hydrogen-bond acceptors (Lipinski definition) is 5. The third-order valence-electron chi connectivity index (χ3n) is 2.90. The maximum absolute atomic E-state index is 12.8. The molecule has 1 aromatic heterocycles. The Hall–Kier alpha value is -2.42. The van der Waals surface area contributed by atoms with Crippen molar-refractivity contribution in [2.45, 2.75) is 19.1 Å². The second kappa shape index (κ2) is 5.76. The average molecular weight is 315 g/mol. The van der Waals surface area contributed by atoms with E-state index in [1.54, 1.807) is 13.0 Å². The zero-order chi connectivity index (χ0) is 16.5. The Morgan fingerprint density at radius 2 is 2.05 bits per heavy atom. The summed E-state index contributed by atoms with van der Waals surface area (Å²) in [6.07, 6.45) is -4.77. The molecule has 1 unspecified atom stereocenters. The third-order valence-corrected chi connectivity index (χ3v) is 2.90. The molecule has 1 heterocycles.